The van der Waals surface area contributed by atoms with Crippen molar-refractivity contribution in [3.63, 3.8) is 0 Å². The number of carbonyl (C=O) groups is 3. The smallest absolute Gasteiger partial charge is 0.272 e. The minimum atomic E-state index is -0.505. The predicted molar refractivity (Wildman–Crippen MR) is 156 cm³/mol. The molecule has 0 unspecified atom stereocenters. The lowest BCUT2D eigenvalue weighted by Crippen LogP contribution is -2.30. The Morgan fingerprint density at radius 2 is 1.49 bits per heavy atom. The Bertz CT molecular complexity index is 1490. The number of Topliss-reactive ketones (excluding diaryl/α,β-unsaturated/α-hetero) is 1. The topological polar surface area (TPSA) is 84.5 Å². The van der Waals surface area contributed by atoms with E-state index in [1.165, 1.54) is 17.8 Å². The maximum Gasteiger partial charge on any atom is 0.272 e. The van der Waals surface area contributed by atoms with Gasteiger partial charge in [0.05, 0.1) is 12.9 Å². The fourth-order valence-electron chi connectivity index (χ4n) is 3.53. The molecule has 0 bridgehead atoms. The van der Waals surface area contributed by atoms with Gasteiger partial charge in [-0.2, -0.15) is 0 Å². The molecule has 39 heavy (non-hydrogen) atoms. The first-order chi connectivity index (χ1) is 18.9. The molecule has 0 fully saturated rings. The lowest BCUT2D eigenvalue weighted by molar-refractivity contribution is -0.113. The van der Waals surface area contributed by atoms with Crippen molar-refractivity contribution in [2.75, 3.05) is 18.2 Å². The van der Waals surface area contributed by atoms with Crippen molar-refractivity contribution in [3.05, 3.63) is 131 Å². The standard InChI is InChI=1S/C31H25ClN2O4S/c1-38-25-15-11-21(12-16-25)29(35)20-39-26-17-13-24(14-18-26)33-31(37)28(19-23-9-5-6-10-27(23)32)34-30(36)22-7-3-2-4-8-22/h2-19H,20H2,1H3,(H,33,37)(H,34,36)/b28-19-. The molecule has 4 aromatic rings. The summed E-state index contributed by atoms with van der Waals surface area (Å²) in [6, 6.07) is 29.8. The molecular weight excluding hydrogens is 532 g/mol. The van der Waals surface area contributed by atoms with Gasteiger partial charge in [0.25, 0.3) is 11.8 Å². The molecular formula is C31H25ClN2O4S. The van der Waals surface area contributed by atoms with Gasteiger partial charge < -0.3 is 15.4 Å². The second-order valence-corrected chi connectivity index (χ2v) is 9.77. The minimum Gasteiger partial charge on any atom is -0.497 e. The van der Waals surface area contributed by atoms with E-state index in [4.69, 9.17) is 16.3 Å². The summed E-state index contributed by atoms with van der Waals surface area (Å²) in [6.45, 7) is 0. The fraction of sp³-hybridized carbons (Fsp3) is 0.0645. The summed E-state index contributed by atoms with van der Waals surface area (Å²) in [5.74, 6) is 0.0466. The van der Waals surface area contributed by atoms with Crippen LogP contribution < -0.4 is 15.4 Å². The van der Waals surface area contributed by atoms with E-state index >= 15 is 0 Å². The van der Waals surface area contributed by atoms with E-state index < -0.39 is 11.8 Å². The molecule has 196 valence electrons. The number of ketones is 1. The molecule has 6 nitrogen and oxygen atoms in total. The number of halogens is 1. The first-order valence-corrected chi connectivity index (χ1v) is 13.3. The number of ether oxygens (including phenoxy) is 1. The van der Waals surface area contributed by atoms with E-state index in [1.807, 2.05) is 12.1 Å². The van der Waals surface area contributed by atoms with Crippen LogP contribution in [0.25, 0.3) is 6.08 Å². The maximum absolute atomic E-state index is 13.2. The van der Waals surface area contributed by atoms with Crippen LogP contribution in [0.5, 0.6) is 5.75 Å². The highest BCUT2D eigenvalue weighted by Gasteiger charge is 2.16. The summed E-state index contributed by atoms with van der Waals surface area (Å²) in [5, 5.41) is 5.96. The summed E-state index contributed by atoms with van der Waals surface area (Å²) < 4.78 is 5.13. The number of thioether (sulfide) groups is 1. The van der Waals surface area contributed by atoms with Crippen LogP contribution in [0.2, 0.25) is 5.02 Å². The largest absolute Gasteiger partial charge is 0.497 e. The van der Waals surface area contributed by atoms with Gasteiger partial charge in [0.15, 0.2) is 5.78 Å². The first-order valence-electron chi connectivity index (χ1n) is 12.0. The minimum absolute atomic E-state index is 0.00328. The van der Waals surface area contributed by atoms with Crippen LogP contribution in [0, 0.1) is 0 Å². The number of methoxy groups -OCH3 is 1. The molecule has 0 heterocycles. The van der Waals surface area contributed by atoms with Gasteiger partial charge >= 0.3 is 0 Å². The Balaban J connectivity index is 1.43. The number of hydrogen-bond acceptors (Lipinski definition) is 5. The second kappa shape index (κ2) is 13.5. The third kappa shape index (κ3) is 7.83. The van der Waals surface area contributed by atoms with E-state index in [2.05, 4.69) is 10.6 Å². The number of amides is 2. The number of nitrogens with one attached hydrogen (secondary N) is 2. The molecule has 0 atom stereocenters. The Labute approximate surface area is 236 Å². The zero-order valence-electron chi connectivity index (χ0n) is 21.0. The molecule has 0 saturated heterocycles. The predicted octanol–water partition coefficient (Wildman–Crippen LogP) is 6.73. The van der Waals surface area contributed by atoms with Crippen molar-refractivity contribution in [2.24, 2.45) is 0 Å². The Morgan fingerprint density at radius 3 is 2.15 bits per heavy atom. The molecule has 0 aliphatic carbocycles. The molecule has 8 heteroatoms. The van der Waals surface area contributed by atoms with E-state index in [0.29, 0.717) is 33.1 Å². The lowest BCUT2D eigenvalue weighted by Gasteiger charge is -2.12. The molecule has 0 saturated carbocycles. The maximum atomic E-state index is 13.2. The van der Waals surface area contributed by atoms with Gasteiger partial charge in [0.2, 0.25) is 0 Å². The highest BCUT2D eigenvalue weighted by molar-refractivity contribution is 8.00. The number of benzene rings is 4. The summed E-state index contributed by atoms with van der Waals surface area (Å²) >= 11 is 7.69. The molecule has 0 aliphatic rings. The number of hydrogen-bond donors (Lipinski definition) is 2. The quantitative estimate of drug-likeness (QED) is 0.128. The van der Waals surface area contributed by atoms with Crippen molar-refractivity contribution < 1.29 is 19.1 Å². The molecule has 4 rings (SSSR count). The van der Waals surface area contributed by atoms with Crippen molar-refractivity contribution >= 4 is 52.7 Å². The van der Waals surface area contributed by atoms with Crippen molar-refractivity contribution in [1.82, 2.24) is 5.32 Å². The Kier molecular flexibility index (Phi) is 9.56. The molecule has 0 spiro atoms. The Hall–Kier alpha value is -4.33. The van der Waals surface area contributed by atoms with Gasteiger partial charge in [-0.3, -0.25) is 14.4 Å². The van der Waals surface area contributed by atoms with E-state index in [1.54, 1.807) is 98.1 Å². The summed E-state index contributed by atoms with van der Waals surface area (Å²) in [4.78, 5) is 39.4. The molecule has 0 aromatic heterocycles. The molecule has 0 radical (unpaired) electrons. The van der Waals surface area contributed by atoms with Gasteiger partial charge in [-0.25, -0.2) is 0 Å². The number of carbonyl (C=O) groups excluding carboxylic acids is 3. The van der Waals surface area contributed by atoms with Gasteiger partial charge in [-0.15, -0.1) is 11.8 Å². The van der Waals surface area contributed by atoms with Crippen LogP contribution in [0.3, 0.4) is 0 Å². The van der Waals surface area contributed by atoms with Gasteiger partial charge in [0.1, 0.15) is 11.4 Å². The highest BCUT2D eigenvalue weighted by Crippen LogP contribution is 2.23. The molecule has 4 aromatic carbocycles. The van der Waals surface area contributed by atoms with Crippen LogP contribution in [-0.2, 0) is 4.79 Å². The molecule has 2 N–H and O–H groups in total. The van der Waals surface area contributed by atoms with E-state index in [0.717, 1.165) is 4.90 Å². The number of rotatable bonds is 10. The van der Waals surface area contributed by atoms with Crippen LogP contribution in [0.15, 0.2) is 114 Å². The molecule has 0 aliphatic heterocycles. The normalized spacial score (nSPS) is 11.0. The average Bonchev–Trinajstić information content (AvgIpc) is 2.97. The van der Waals surface area contributed by atoms with E-state index in [-0.39, 0.29) is 17.2 Å². The van der Waals surface area contributed by atoms with Crippen LogP contribution >= 0.6 is 23.4 Å². The Morgan fingerprint density at radius 1 is 0.821 bits per heavy atom. The van der Waals surface area contributed by atoms with Gasteiger partial charge in [0, 0.05) is 26.7 Å². The van der Waals surface area contributed by atoms with Crippen molar-refractivity contribution in [3.8, 4) is 5.75 Å². The zero-order valence-corrected chi connectivity index (χ0v) is 22.6. The van der Waals surface area contributed by atoms with Crippen LogP contribution in [0.4, 0.5) is 5.69 Å². The van der Waals surface area contributed by atoms with E-state index in [9.17, 15) is 14.4 Å². The van der Waals surface area contributed by atoms with Crippen molar-refractivity contribution in [1.29, 1.82) is 0 Å². The van der Waals surface area contributed by atoms with Crippen molar-refractivity contribution in [2.45, 2.75) is 4.90 Å². The summed E-state index contributed by atoms with van der Waals surface area (Å²) in [5.41, 5.74) is 2.19. The summed E-state index contributed by atoms with van der Waals surface area (Å²) in [6.07, 6.45) is 1.54. The second-order valence-electron chi connectivity index (χ2n) is 8.32. The third-order valence-corrected chi connectivity index (χ3v) is 6.98. The first kappa shape index (κ1) is 27.7. The van der Waals surface area contributed by atoms with Crippen LogP contribution in [0.1, 0.15) is 26.3 Å². The third-order valence-electron chi connectivity index (χ3n) is 5.63. The summed E-state index contributed by atoms with van der Waals surface area (Å²) in [7, 11) is 1.58. The van der Waals surface area contributed by atoms with Gasteiger partial charge in [-0.05, 0) is 78.4 Å². The van der Waals surface area contributed by atoms with Gasteiger partial charge in [-0.1, -0.05) is 48.0 Å². The molecule has 2 amide bonds. The number of anilines is 1. The fourth-order valence-corrected chi connectivity index (χ4v) is 4.52. The van der Waals surface area contributed by atoms with Crippen LogP contribution in [-0.4, -0.2) is 30.5 Å². The SMILES string of the molecule is COc1ccc(C(=O)CSc2ccc(NC(=O)/C(=C/c3ccccc3Cl)NC(=O)c3ccccc3)cc2)cc1. The zero-order chi connectivity index (χ0) is 27.6. The highest BCUT2D eigenvalue weighted by atomic mass is 35.5. The monoisotopic (exact) mass is 556 g/mol. The average molecular weight is 557 g/mol. The lowest BCUT2D eigenvalue weighted by atomic mass is 10.1.